The number of fused-ring (bicyclic) bond motifs is 5. The Bertz CT molecular complexity index is 2090. The quantitative estimate of drug-likeness (QED) is 0.244. The van der Waals surface area contributed by atoms with Gasteiger partial charge in [-0.25, -0.2) is 0 Å². The van der Waals surface area contributed by atoms with Gasteiger partial charge < -0.3 is 4.74 Å². The van der Waals surface area contributed by atoms with Gasteiger partial charge in [0.1, 0.15) is 23.5 Å². The number of nitriles is 2. The predicted octanol–water partition coefficient (Wildman–Crippen LogP) is 8.26. The molecule has 182 valence electrons. The first-order valence-corrected chi connectivity index (χ1v) is 12.6. The number of ether oxygens (including phenoxy) is 1. The highest BCUT2D eigenvalue weighted by molar-refractivity contribution is 6.22. The molecule has 2 heterocycles. The molecule has 7 rings (SSSR count). The molecular weight excluding hydrogens is 480 g/mol. The molecule has 0 bridgehead atoms. The number of hydrogen-bond donors (Lipinski definition) is 0. The molecular formula is C34H20N4O. The first-order chi connectivity index (χ1) is 19.3. The van der Waals surface area contributed by atoms with Crippen LogP contribution < -0.4 is 4.74 Å². The van der Waals surface area contributed by atoms with Crippen molar-refractivity contribution >= 4 is 32.8 Å². The second-order valence-corrected chi connectivity index (χ2v) is 9.24. The molecule has 0 aliphatic rings. The zero-order valence-corrected chi connectivity index (χ0v) is 20.7. The summed E-state index contributed by atoms with van der Waals surface area (Å²) >= 11 is 0. The van der Waals surface area contributed by atoms with Gasteiger partial charge in [-0.2, -0.15) is 10.5 Å². The average molecular weight is 501 g/mol. The van der Waals surface area contributed by atoms with Crippen LogP contribution in [0.25, 0.3) is 44.2 Å². The van der Waals surface area contributed by atoms with E-state index in [-0.39, 0.29) is 5.75 Å². The number of benzene rings is 5. The second-order valence-electron chi connectivity index (χ2n) is 9.24. The van der Waals surface area contributed by atoms with Gasteiger partial charge >= 0.3 is 0 Å². The molecule has 2 aromatic heterocycles. The van der Waals surface area contributed by atoms with Gasteiger partial charge in [0.25, 0.3) is 0 Å². The number of rotatable bonds is 4. The van der Waals surface area contributed by atoms with Crippen LogP contribution in [0.5, 0.6) is 11.5 Å². The Kier molecular flexibility index (Phi) is 5.15. The standard InChI is InChI=1S/C34H20N4O/c35-21-23-10-8-11-24(22-36)33(23)39-27-15-9-14-26(20-27)38-31-19-7-5-17-29(31)32-28-16-4-6-18-30(28)37(34(32)38)25-12-2-1-3-13-25/h1-20H. The maximum Gasteiger partial charge on any atom is 0.162 e. The summed E-state index contributed by atoms with van der Waals surface area (Å²) in [5.41, 5.74) is 5.87. The molecule has 0 unspecified atom stereocenters. The van der Waals surface area contributed by atoms with Crippen LogP contribution in [0.15, 0.2) is 121 Å². The van der Waals surface area contributed by atoms with Crippen LogP contribution in [0.3, 0.4) is 0 Å². The molecule has 0 aliphatic carbocycles. The number of aromatic nitrogens is 2. The molecule has 0 radical (unpaired) electrons. The average Bonchev–Trinajstić information content (AvgIpc) is 3.50. The van der Waals surface area contributed by atoms with E-state index >= 15 is 0 Å². The number of para-hydroxylation sites is 4. The van der Waals surface area contributed by atoms with Gasteiger partial charge in [0.05, 0.1) is 27.8 Å². The lowest BCUT2D eigenvalue weighted by Gasteiger charge is -2.14. The Balaban J connectivity index is 1.53. The van der Waals surface area contributed by atoms with E-state index in [1.165, 1.54) is 10.8 Å². The molecule has 0 atom stereocenters. The van der Waals surface area contributed by atoms with E-state index in [2.05, 4.69) is 94.1 Å². The minimum atomic E-state index is 0.264. The van der Waals surface area contributed by atoms with E-state index in [9.17, 15) is 10.5 Å². The van der Waals surface area contributed by atoms with Crippen LogP contribution in [0.4, 0.5) is 0 Å². The molecule has 0 aliphatic heterocycles. The molecule has 0 saturated carbocycles. The highest BCUT2D eigenvalue weighted by atomic mass is 16.5. The summed E-state index contributed by atoms with van der Waals surface area (Å²) in [5, 5.41) is 22.8. The summed E-state index contributed by atoms with van der Waals surface area (Å²) in [4.78, 5) is 0. The van der Waals surface area contributed by atoms with Crippen molar-refractivity contribution in [1.82, 2.24) is 9.13 Å². The largest absolute Gasteiger partial charge is 0.455 e. The number of nitrogens with zero attached hydrogens (tertiary/aromatic N) is 4. The van der Waals surface area contributed by atoms with E-state index < -0.39 is 0 Å². The van der Waals surface area contributed by atoms with Crippen molar-refractivity contribution in [3.05, 3.63) is 132 Å². The van der Waals surface area contributed by atoms with Crippen LogP contribution in [-0.4, -0.2) is 9.13 Å². The first kappa shape index (κ1) is 22.4. The van der Waals surface area contributed by atoms with Gasteiger partial charge in [-0.3, -0.25) is 9.13 Å². The van der Waals surface area contributed by atoms with Crippen molar-refractivity contribution in [1.29, 1.82) is 10.5 Å². The second kappa shape index (κ2) is 8.95. The molecule has 0 amide bonds. The minimum Gasteiger partial charge on any atom is -0.455 e. The molecule has 0 saturated heterocycles. The van der Waals surface area contributed by atoms with Crippen molar-refractivity contribution in [2.75, 3.05) is 0 Å². The SMILES string of the molecule is N#Cc1cccc(C#N)c1Oc1cccc(-n2c3ccccc3c3c4ccccc4n(-c4ccccc4)c32)c1. The lowest BCUT2D eigenvalue weighted by Crippen LogP contribution is -2.02. The van der Waals surface area contributed by atoms with Gasteiger partial charge in [0.2, 0.25) is 0 Å². The molecule has 39 heavy (non-hydrogen) atoms. The number of hydrogen-bond acceptors (Lipinski definition) is 3. The van der Waals surface area contributed by atoms with Crippen molar-refractivity contribution in [2.24, 2.45) is 0 Å². The zero-order valence-electron chi connectivity index (χ0n) is 20.7. The van der Waals surface area contributed by atoms with Crippen LogP contribution in [0.2, 0.25) is 0 Å². The monoisotopic (exact) mass is 500 g/mol. The van der Waals surface area contributed by atoms with Crippen LogP contribution in [-0.2, 0) is 0 Å². The third kappa shape index (κ3) is 3.46. The smallest absolute Gasteiger partial charge is 0.162 e. The Labute approximate surface area is 224 Å². The first-order valence-electron chi connectivity index (χ1n) is 12.6. The third-order valence-corrected chi connectivity index (χ3v) is 7.04. The lowest BCUT2D eigenvalue weighted by atomic mass is 10.1. The van der Waals surface area contributed by atoms with Crippen LogP contribution in [0.1, 0.15) is 11.1 Å². The van der Waals surface area contributed by atoms with E-state index in [0.29, 0.717) is 16.9 Å². The van der Waals surface area contributed by atoms with Gasteiger partial charge in [-0.15, -0.1) is 0 Å². The Morgan fingerprint density at radius 2 is 1.08 bits per heavy atom. The Morgan fingerprint density at radius 3 is 1.72 bits per heavy atom. The molecule has 5 aromatic carbocycles. The van der Waals surface area contributed by atoms with E-state index in [1.54, 1.807) is 18.2 Å². The van der Waals surface area contributed by atoms with E-state index in [1.807, 2.05) is 30.3 Å². The summed E-state index contributed by atoms with van der Waals surface area (Å²) in [7, 11) is 0. The summed E-state index contributed by atoms with van der Waals surface area (Å²) in [5.74, 6) is 0.806. The molecule has 0 fully saturated rings. The highest BCUT2D eigenvalue weighted by Crippen LogP contribution is 2.41. The van der Waals surface area contributed by atoms with Gasteiger partial charge in [0, 0.05) is 27.9 Å². The van der Waals surface area contributed by atoms with Crippen molar-refractivity contribution in [2.45, 2.75) is 0 Å². The maximum atomic E-state index is 9.62. The molecule has 5 nitrogen and oxygen atoms in total. The predicted molar refractivity (Wildman–Crippen MR) is 154 cm³/mol. The zero-order chi connectivity index (χ0) is 26.3. The fraction of sp³-hybridized carbons (Fsp3) is 0. The molecule has 0 spiro atoms. The summed E-state index contributed by atoms with van der Waals surface area (Å²) in [6.45, 7) is 0. The maximum absolute atomic E-state index is 9.62. The molecule has 7 aromatic rings. The van der Waals surface area contributed by atoms with Gasteiger partial charge in [0.15, 0.2) is 5.75 Å². The van der Waals surface area contributed by atoms with Gasteiger partial charge in [-0.05, 0) is 48.5 Å². The van der Waals surface area contributed by atoms with Crippen LogP contribution >= 0.6 is 0 Å². The normalized spacial score (nSPS) is 11.0. The van der Waals surface area contributed by atoms with Crippen molar-refractivity contribution in [3.63, 3.8) is 0 Å². The fourth-order valence-electron chi connectivity index (χ4n) is 5.42. The lowest BCUT2D eigenvalue weighted by molar-refractivity contribution is 0.479. The summed E-state index contributed by atoms with van der Waals surface area (Å²) in [6.07, 6.45) is 0. The Hall–Kier alpha value is -5.78. The third-order valence-electron chi connectivity index (χ3n) is 7.04. The summed E-state index contributed by atoms with van der Waals surface area (Å²) in [6, 6.07) is 44.3. The molecule has 5 heteroatoms. The van der Waals surface area contributed by atoms with Crippen LogP contribution in [0, 0.1) is 22.7 Å². The van der Waals surface area contributed by atoms with Crippen molar-refractivity contribution in [3.8, 4) is 35.0 Å². The Morgan fingerprint density at radius 1 is 0.538 bits per heavy atom. The topological polar surface area (TPSA) is 66.7 Å². The van der Waals surface area contributed by atoms with E-state index in [0.717, 1.165) is 33.4 Å². The van der Waals surface area contributed by atoms with Crippen molar-refractivity contribution < 1.29 is 4.74 Å². The highest BCUT2D eigenvalue weighted by Gasteiger charge is 2.22. The van der Waals surface area contributed by atoms with E-state index in [4.69, 9.17) is 4.74 Å². The summed E-state index contributed by atoms with van der Waals surface area (Å²) < 4.78 is 10.8. The van der Waals surface area contributed by atoms with Gasteiger partial charge in [-0.1, -0.05) is 66.7 Å². The minimum absolute atomic E-state index is 0.264. The fourth-order valence-corrected chi connectivity index (χ4v) is 5.42. The molecule has 0 N–H and O–H groups in total.